The number of hydrogen-bond donors (Lipinski definition) is 1. The molecule has 1 N–H and O–H groups in total. The zero-order chi connectivity index (χ0) is 18.2. The second kappa shape index (κ2) is 9.44. The highest BCUT2D eigenvalue weighted by Gasteiger charge is 2.18. The van der Waals surface area contributed by atoms with Crippen LogP contribution in [0.1, 0.15) is 22.0 Å². The molecular weight excluding hydrogens is 328 g/mol. The first kappa shape index (κ1) is 20.2. The van der Waals surface area contributed by atoms with E-state index in [1.54, 1.807) is 0 Å². The van der Waals surface area contributed by atoms with Crippen molar-refractivity contribution in [2.45, 2.75) is 25.7 Å². The van der Waals surface area contributed by atoms with Gasteiger partial charge in [-0.25, -0.2) is 0 Å². The summed E-state index contributed by atoms with van der Waals surface area (Å²) in [5.74, 6) is 3.47. The van der Waals surface area contributed by atoms with E-state index in [1.807, 2.05) is 0 Å². The van der Waals surface area contributed by atoms with Gasteiger partial charge in [0.2, 0.25) is 0 Å². The molecule has 0 aliphatic heterocycles. The number of carbonyl (C=O) groups is 1. The van der Waals surface area contributed by atoms with E-state index in [2.05, 4.69) is 31.1 Å². The molecule has 1 aromatic rings. The summed E-state index contributed by atoms with van der Waals surface area (Å²) >= 11 is 0. The van der Waals surface area contributed by atoms with Gasteiger partial charge in [0, 0.05) is 25.8 Å². The fourth-order valence-corrected chi connectivity index (χ4v) is 2.33. The first-order valence-corrected chi connectivity index (χ1v) is 10.9. The lowest BCUT2D eigenvalue weighted by molar-refractivity contribution is 0.0443. The van der Waals surface area contributed by atoms with Crippen molar-refractivity contribution in [3.05, 3.63) is 23.3 Å². The van der Waals surface area contributed by atoms with Gasteiger partial charge >= 0.3 is 0 Å². The van der Waals surface area contributed by atoms with Crippen LogP contribution in [0.3, 0.4) is 0 Å². The fourth-order valence-electron chi connectivity index (χ4n) is 1.76. The van der Waals surface area contributed by atoms with Gasteiger partial charge in [-0.05, 0) is 6.07 Å². The summed E-state index contributed by atoms with van der Waals surface area (Å²) in [7, 11) is 1.33. The third kappa shape index (κ3) is 6.33. The maximum Gasteiger partial charge on any atom is 0.188 e. The summed E-state index contributed by atoms with van der Waals surface area (Å²) in [4.78, 5) is 11.3. The predicted octanol–water partition coefficient (Wildman–Crippen LogP) is 2.38. The highest BCUT2D eigenvalue weighted by molar-refractivity contribution is 6.83. The van der Waals surface area contributed by atoms with E-state index in [0.29, 0.717) is 23.3 Å². The van der Waals surface area contributed by atoms with Crippen LogP contribution in [0.15, 0.2) is 12.1 Å². The Morgan fingerprint density at radius 2 is 1.71 bits per heavy atom. The number of benzene rings is 1. The highest BCUT2D eigenvalue weighted by atomic mass is 28.3. The molecule has 0 heterocycles. The van der Waals surface area contributed by atoms with Gasteiger partial charge in [-0.1, -0.05) is 25.6 Å². The van der Waals surface area contributed by atoms with Gasteiger partial charge in [0.25, 0.3) is 0 Å². The van der Waals surface area contributed by atoms with Crippen molar-refractivity contribution in [1.29, 1.82) is 0 Å². The van der Waals surface area contributed by atoms with Gasteiger partial charge < -0.3 is 24.1 Å². The van der Waals surface area contributed by atoms with Gasteiger partial charge in [-0.2, -0.15) is 0 Å². The van der Waals surface area contributed by atoms with Gasteiger partial charge in [-0.3, -0.25) is 4.79 Å². The molecule has 1 unspecified atom stereocenters. The largest absolute Gasteiger partial charge is 0.467 e. The molecule has 0 bridgehead atoms. The molecule has 132 valence electrons. The van der Waals surface area contributed by atoms with Crippen LogP contribution in [0.25, 0.3) is 0 Å². The molecule has 7 heteroatoms. The Labute approximate surface area is 143 Å². The molecule has 0 amide bonds. The highest BCUT2D eigenvalue weighted by Crippen LogP contribution is 2.32. The van der Waals surface area contributed by atoms with Crippen LogP contribution in [0.5, 0.6) is 11.5 Å². The van der Waals surface area contributed by atoms with Gasteiger partial charge in [0.05, 0.1) is 5.56 Å². The van der Waals surface area contributed by atoms with Crippen molar-refractivity contribution < 1.29 is 28.8 Å². The van der Waals surface area contributed by atoms with Crippen molar-refractivity contribution in [3.63, 3.8) is 0 Å². The van der Waals surface area contributed by atoms with Crippen molar-refractivity contribution in [3.8, 4) is 23.0 Å². The third-order valence-corrected chi connectivity index (χ3v) is 3.71. The summed E-state index contributed by atoms with van der Waals surface area (Å²) in [6, 6.07) is 3.03. The van der Waals surface area contributed by atoms with E-state index in [9.17, 15) is 9.90 Å². The van der Waals surface area contributed by atoms with Crippen molar-refractivity contribution in [1.82, 2.24) is 0 Å². The number of methoxy groups -OCH3 is 2. The molecule has 0 aromatic heterocycles. The van der Waals surface area contributed by atoms with Gasteiger partial charge in [-0.15, -0.1) is 5.54 Å². The molecule has 24 heavy (non-hydrogen) atoms. The normalized spacial score (nSPS) is 12.1. The quantitative estimate of drug-likeness (QED) is 0.335. The number of hydrogen-bond acceptors (Lipinski definition) is 6. The topological polar surface area (TPSA) is 74.2 Å². The Hall–Kier alpha value is -1.85. The van der Waals surface area contributed by atoms with E-state index >= 15 is 0 Å². The summed E-state index contributed by atoms with van der Waals surface area (Å²) in [5.41, 5.74) is 3.77. The minimum Gasteiger partial charge on any atom is -0.467 e. The first-order chi connectivity index (χ1) is 11.3. The van der Waals surface area contributed by atoms with Crippen molar-refractivity contribution in [2.75, 3.05) is 27.8 Å². The Morgan fingerprint density at radius 1 is 1.12 bits per heavy atom. The van der Waals surface area contributed by atoms with E-state index in [4.69, 9.17) is 18.9 Å². The Balaban J connectivity index is 3.28. The lowest BCUT2D eigenvalue weighted by Crippen LogP contribution is -2.17. The fraction of sp³-hybridized carbons (Fsp3) is 0.471. The zero-order valence-corrected chi connectivity index (χ0v) is 15.7. The SMILES string of the molecule is COCOc1cc(OCOC)c(C(O)C#C[Si](C)(C)C)cc1C=O. The van der Waals surface area contributed by atoms with Crippen LogP contribution in [0, 0.1) is 11.5 Å². The summed E-state index contributed by atoms with van der Waals surface area (Å²) in [6.45, 7) is 6.21. The van der Waals surface area contributed by atoms with Crippen molar-refractivity contribution >= 4 is 14.4 Å². The molecule has 6 nitrogen and oxygen atoms in total. The van der Waals surface area contributed by atoms with Crippen LogP contribution in [-0.2, 0) is 9.47 Å². The number of aldehydes is 1. The molecular formula is C17H24O6Si. The number of ether oxygens (including phenoxy) is 4. The van der Waals surface area contributed by atoms with E-state index < -0.39 is 14.2 Å². The summed E-state index contributed by atoms with van der Waals surface area (Å²) in [5, 5.41) is 10.4. The van der Waals surface area contributed by atoms with E-state index in [0.717, 1.165) is 0 Å². The predicted molar refractivity (Wildman–Crippen MR) is 92.9 cm³/mol. The van der Waals surface area contributed by atoms with Gasteiger partial charge in [0.1, 0.15) is 25.7 Å². The number of aliphatic hydroxyl groups excluding tert-OH is 1. The second-order valence-electron chi connectivity index (χ2n) is 6.07. The minimum absolute atomic E-state index is 0.00861. The van der Waals surface area contributed by atoms with Gasteiger partial charge in [0.15, 0.2) is 19.9 Å². The average Bonchev–Trinajstić information content (AvgIpc) is 2.54. The molecule has 0 spiro atoms. The molecule has 0 aliphatic rings. The molecule has 0 aliphatic carbocycles. The monoisotopic (exact) mass is 352 g/mol. The van der Waals surface area contributed by atoms with Crippen LogP contribution in [0.2, 0.25) is 19.6 Å². The molecule has 1 rings (SSSR count). The third-order valence-electron chi connectivity index (χ3n) is 2.81. The second-order valence-corrected chi connectivity index (χ2v) is 10.8. The molecule has 1 atom stereocenters. The van der Waals surface area contributed by atoms with Crippen LogP contribution >= 0.6 is 0 Å². The average molecular weight is 352 g/mol. The maximum absolute atomic E-state index is 11.3. The molecule has 0 fully saturated rings. The maximum atomic E-state index is 11.3. The van der Waals surface area contributed by atoms with Crippen LogP contribution < -0.4 is 9.47 Å². The van der Waals surface area contributed by atoms with Crippen LogP contribution in [0.4, 0.5) is 0 Å². The molecule has 0 saturated carbocycles. The van der Waals surface area contributed by atoms with Crippen molar-refractivity contribution in [2.24, 2.45) is 0 Å². The summed E-state index contributed by atoms with van der Waals surface area (Å²) < 4.78 is 20.6. The number of carbonyl (C=O) groups excluding carboxylic acids is 1. The zero-order valence-electron chi connectivity index (χ0n) is 14.7. The van der Waals surface area contributed by atoms with E-state index in [-0.39, 0.29) is 19.1 Å². The Bertz CT molecular complexity index is 612. The Morgan fingerprint density at radius 3 is 2.21 bits per heavy atom. The summed E-state index contributed by atoms with van der Waals surface area (Å²) in [6.07, 6.45) is -0.425. The van der Waals surface area contributed by atoms with Crippen LogP contribution in [-0.4, -0.2) is 47.3 Å². The first-order valence-electron chi connectivity index (χ1n) is 7.39. The molecule has 1 aromatic carbocycles. The van der Waals surface area contributed by atoms with E-state index in [1.165, 1.54) is 26.4 Å². The lowest BCUT2D eigenvalue weighted by atomic mass is 10.0. The Kier molecular flexibility index (Phi) is 7.95. The number of aliphatic hydroxyl groups is 1. The standard InChI is InChI=1S/C17H24O6Si/c1-20-11-22-16-9-17(23-12-21-2)14(8-13(16)10-18)15(19)6-7-24(3,4)5/h8-10,15,19H,11-12H2,1-5H3. The molecule has 0 saturated heterocycles. The number of rotatable bonds is 8. The molecule has 0 radical (unpaired) electrons. The minimum atomic E-state index is -1.64. The smallest absolute Gasteiger partial charge is 0.188 e. The lowest BCUT2D eigenvalue weighted by Gasteiger charge is -2.16.